The van der Waals surface area contributed by atoms with Crippen molar-refractivity contribution in [3.63, 3.8) is 0 Å². The molecule has 10 heteroatoms. The minimum Gasteiger partial charge on any atom is -0.484 e. The van der Waals surface area contributed by atoms with Gasteiger partial charge < -0.3 is 20.1 Å². The molecule has 0 saturated carbocycles. The van der Waals surface area contributed by atoms with Gasteiger partial charge in [-0.15, -0.1) is 24.0 Å². The second-order valence-electron chi connectivity index (χ2n) is 5.77. The van der Waals surface area contributed by atoms with E-state index in [1.54, 1.807) is 25.4 Å². The Bertz CT molecular complexity index is 771. The molecule has 1 heterocycles. The number of benzene rings is 1. The van der Waals surface area contributed by atoms with Crippen molar-refractivity contribution in [2.45, 2.75) is 26.2 Å². The van der Waals surface area contributed by atoms with Crippen LogP contribution in [0.5, 0.6) is 11.6 Å². The molecule has 2 aromatic rings. The summed E-state index contributed by atoms with van der Waals surface area (Å²) in [7, 11) is 1.56. The van der Waals surface area contributed by atoms with Gasteiger partial charge in [0.2, 0.25) is 5.88 Å². The molecule has 0 unspecified atom stereocenters. The molecule has 0 amide bonds. The molecule has 2 rings (SSSR count). The van der Waals surface area contributed by atoms with E-state index in [0.717, 1.165) is 11.1 Å². The number of nitrogens with one attached hydrogen (secondary N) is 2. The van der Waals surface area contributed by atoms with Crippen LogP contribution >= 0.6 is 24.0 Å². The van der Waals surface area contributed by atoms with Gasteiger partial charge in [-0.2, -0.15) is 13.2 Å². The fourth-order valence-electron chi connectivity index (χ4n) is 2.29. The largest absolute Gasteiger partial charge is 0.484 e. The SMILES string of the molecule is CCNC(=NCc1ccc(OCC(F)(F)F)cc1)NCc1cccnc1OC.I. The van der Waals surface area contributed by atoms with Crippen molar-refractivity contribution in [3.8, 4) is 11.6 Å². The van der Waals surface area contributed by atoms with Crippen molar-refractivity contribution in [2.75, 3.05) is 20.3 Å². The Morgan fingerprint density at radius 3 is 2.48 bits per heavy atom. The number of hydrogen-bond donors (Lipinski definition) is 2. The lowest BCUT2D eigenvalue weighted by molar-refractivity contribution is -0.153. The number of guanidine groups is 1. The summed E-state index contributed by atoms with van der Waals surface area (Å²) in [5, 5.41) is 6.34. The Balaban J connectivity index is 0.00000420. The number of halogens is 4. The lowest BCUT2D eigenvalue weighted by Crippen LogP contribution is -2.36. The molecule has 1 aromatic heterocycles. The van der Waals surface area contributed by atoms with Crippen LogP contribution in [0.1, 0.15) is 18.1 Å². The molecule has 160 valence electrons. The second-order valence-corrected chi connectivity index (χ2v) is 5.77. The summed E-state index contributed by atoms with van der Waals surface area (Å²) in [6, 6.07) is 10.1. The van der Waals surface area contributed by atoms with Crippen molar-refractivity contribution in [1.82, 2.24) is 15.6 Å². The predicted octanol–water partition coefficient (Wildman–Crippen LogP) is 3.90. The molecule has 0 aliphatic carbocycles. The predicted molar refractivity (Wildman–Crippen MR) is 116 cm³/mol. The maximum atomic E-state index is 12.2. The van der Waals surface area contributed by atoms with E-state index < -0.39 is 12.8 Å². The lowest BCUT2D eigenvalue weighted by Gasteiger charge is -2.13. The van der Waals surface area contributed by atoms with E-state index in [4.69, 9.17) is 9.47 Å². The van der Waals surface area contributed by atoms with Gasteiger partial charge in [0.05, 0.1) is 13.7 Å². The zero-order valence-corrected chi connectivity index (χ0v) is 18.5. The average Bonchev–Trinajstić information content (AvgIpc) is 2.69. The monoisotopic (exact) mass is 524 g/mol. The van der Waals surface area contributed by atoms with Gasteiger partial charge in [0.1, 0.15) is 5.75 Å². The van der Waals surface area contributed by atoms with Gasteiger partial charge in [-0.3, -0.25) is 0 Å². The first-order valence-electron chi connectivity index (χ1n) is 8.70. The van der Waals surface area contributed by atoms with Gasteiger partial charge in [-0.25, -0.2) is 9.98 Å². The normalized spacial score (nSPS) is 11.4. The Hall–Kier alpha value is -2.24. The molecule has 0 spiro atoms. The van der Waals surface area contributed by atoms with Gasteiger partial charge in [0.25, 0.3) is 0 Å². The fraction of sp³-hybridized carbons (Fsp3) is 0.368. The number of nitrogens with zero attached hydrogens (tertiary/aromatic N) is 2. The van der Waals surface area contributed by atoms with Crippen molar-refractivity contribution in [2.24, 2.45) is 4.99 Å². The van der Waals surface area contributed by atoms with E-state index in [1.807, 2.05) is 19.1 Å². The highest BCUT2D eigenvalue weighted by Gasteiger charge is 2.28. The van der Waals surface area contributed by atoms with Gasteiger partial charge >= 0.3 is 6.18 Å². The summed E-state index contributed by atoms with van der Waals surface area (Å²) < 4.78 is 46.5. The lowest BCUT2D eigenvalue weighted by atomic mass is 10.2. The summed E-state index contributed by atoms with van der Waals surface area (Å²) in [6.07, 6.45) is -2.70. The second kappa shape index (κ2) is 12.3. The van der Waals surface area contributed by atoms with E-state index in [0.29, 0.717) is 31.5 Å². The minimum atomic E-state index is -4.35. The van der Waals surface area contributed by atoms with Gasteiger partial charge in [-0.1, -0.05) is 18.2 Å². The Morgan fingerprint density at radius 2 is 1.86 bits per heavy atom. The number of hydrogen-bond acceptors (Lipinski definition) is 4. The van der Waals surface area contributed by atoms with E-state index in [9.17, 15) is 13.2 Å². The van der Waals surface area contributed by atoms with Gasteiger partial charge in [0.15, 0.2) is 12.6 Å². The van der Waals surface area contributed by atoms with E-state index in [1.165, 1.54) is 12.1 Å². The first-order chi connectivity index (χ1) is 13.4. The van der Waals surface area contributed by atoms with Crippen LogP contribution in [0.4, 0.5) is 13.2 Å². The number of aromatic nitrogens is 1. The molecule has 1 aromatic carbocycles. The van der Waals surface area contributed by atoms with Crippen molar-refractivity contribution in [3.05, 3.63) is 53.7 Å². The number of ether oxygens (including phenoxy) is 2. The number of methoxy groups -OCH3 is 1. The van der Waals surface area contributed by atoms with E-state index in [-0.39, 0.29) is 29.7 Å². The third-order valence-corrected chi connectivity index (χ3v) is 3.58. The van der Waals surface area contributed by atoms with Crippen molar-refractivity contribution < 1.29 is 22.6 Å². The maximum absolute atomic E-state index is 12.2. The van der Waals surface area contributed by atoms with Crippen LogP contribution in [0.3, 0.4) is 0 Å². The Kier molecular flexibility index (Phi) is 10.6. The van der Waals surface area contributed by atoms with E-state index in [2.05, 4.69) is 20.6 Å². The highest BCUT2D eigenvalue weighted by Crippen LogP contribution is 2.19. The maximum Gasteiger partial charge on any atom is 0.422 e. The van der Waals surface area contributed by atoms with Crippen LogP contribution in [0.15, 0.2) is 47.6 Å². The molecule has 0 fully saturated rings. The van der Waals surface area contributed by atoms with Gasteiger partial charge in [-0.05, 0) is 30.7 Å². The van der Waals surface area contributed by atoms with Crippen LogP contribution < -0.4 is 20.1 Å². The smallest absolute Gasteiger partial charge is 0.422 e. The first kappa shape index (κ1) is 24.8. The molecule has 2 N–H and O–H groups in total. The van der Waals surface area contributed by atoms with Crippen LogP contribution in [0, 0.1) is 0 Å². The third-order valence-electron chi connectivity index (χ3n) is 3.58. The quantitative estimate of drug-likeness (QED) is 0.312. The highest BCUT2D eigenvalue weighted by molar-refractivity contribution is 14.0. The summed E-state index contributed by atoms with van der Waals surface area (Å²) in [5.74, 6) is 1.31. The Labute approximate surface area is 184 Å². The molecule has 0 aliphatic heterocycles. The van der Waals surface area contributed by atoms with Crippen molar-refractivity contribution >= 4 is 29.9 Å². The minimum absolute atomic E-state index is 0. The summed E-state index contributed by atoms with van der Waals surface area (Å²) in [6.45, 7) is 2.16. The molecule has 6 nitrogen and oxygen atoms in total. The van der Waals surface area contributed by atoms with Crippen LogP contribution in [-0.2, 0) is 13.1 Å². The standard InChI is InChI=1S/C19H23F3N4O2.HI/c1-3-23-18(26-12-15-5-4-10-24-17(15)27-2)25-11-14-6-8-16(9-7-14)28-13-19(20,21)22;/h4-10H,3,11-13H2,1-2H3,(H2,23,25,26);1H. The third kappa shape index (κ3) is 9.20. The topological polar surface area (TPSA) is 67.8 Å². The summed E-state index contributed by atoms with van der Waals surface area (Å²) in [4.78, 5) is 8.63. The Morgan fingerprint density at radius 1 is 1.14 bits per heavy atom. The first-order valence-corrected chi connectivity index (χ1v) is 8.70. The van der Waals surface area contributed by atoms with Crippen molar-refractivity contribution in [1.29, 1.82) is 0 Å². The number of rotatable bonds is 8. The van der Waals surface area contributed by atoms with Crippen LogP contribution in [0.25, 0.3) is 0 Å². The van der Waals surface area contributed by atoms with Crippen LogP contribution in [0.2, 0.25) is 0 Å². The molecule has 0 saturated heterocycles. The zero-order chi connectivity index (χ0) is 20.4. The molecule has 29 heavy (non-hydrogen) atoms. The summed E-state index contributed by atoms with van der Waals surface area (Å²) >= 11 is 0. The highest BCUT2D eigenvalue weighted by atomic mass is 127. The average molecular weight is 524 g/mol. The van der Waals surface area contributed by atoms with Gasteiger partial charge in [0, 0.05) is 24.8 Å². The number of alkyl halides is 3. The number of aliphatic imine (C=N–C) groups is 1. The molecular weight excluding hydrogens is 500 g/mol. The molecule has 0 aliphatic rings. The molecule has 0 radical (unpaired) electrons. The number of pyridine rings is 1. The zero-order valence-electron chi connectivity index (χ0n) is 16.1. The fourth-order valence-corrected chi connectivity index (χ4v) is 2.29. The molecule has 0 atom stereocenters. The molecule has 0 bridgehead atoms. The van der Waals surface area contributed by atoms with Crippen LogP contribution in [-0.4, -0.2) is 37.4 Å². The molecular formula is C19H24F3IN4O2. The van der Waals surface area contributed by atoms with E-state index >= 15 is 0 Å². The summed E-state index contributed by atoms with van der Waals surface area (Å²) in [5.41, 5.74) is 1.73.